The maximum absolute atomic E-state index is 5.60. The third-order valence-electron chi connectivity index (χ3n) is 1.96. The van der Waals surface area contributed by atoms with E-state index < -0.39 is 0 Å². The lowest BCUT2D eigenvalue weighted by atomic mass is 10.2. The van der Waals surface area contributed by atoms with Gasteiger partial charge in [-0.2, -0.15) is 0 Å². The second-order valence-electron chi connectivity index (χ2n) is 3.22. The molecule has 0 spiro atoms. The summed E-state index contributed by atoms with van der Waals surface area (Å²) >= 11 is 6.96. The summed E-state index contributed by atoms with van der Waals surface area (Å²) in [6, 6.07) is 4.01. The van der Waals surface area contributed by atoms with Gasteiger partial charge in [-0.25, -0.2) is 0 Å². The first-order valence-corrected chi connectivity index (χ1v) is 6.76. The number of hydrogen-bond donors (Lipinski definition) is 1. The molecule has 0 radical (unpaired) electrons. The van der Waals surface area contributed by atoms with Crippen molar-refractivity contribution in [3.05, 3.63) is 32.7 Å². The lowest BCUT2D eigenvalue weighted by molar-refractivity contribution is 0.337. The highest BCUT2D eigenvalue weighted by Gasteiger charge is 2.07. The van der Waals surface area contributed by atoms with E-state index in [1.807, 2.05) is 25.1 Å². The molecule has 1 rings (SSSR count). The van der Waals surface area contributed by atoms with Gasteiger partial charge < -0.3 is 10.5 Å². The van der Waals surface area contributed by atoms with Gasteiger partial charge in [0.1, 0.15) is 5.75 Å². The predicted molar refractivity (Wildman–Crippen MR) is 75.7 cm³/mol. The van der Waals surface area contributed by atoms with E-state index in [0.717, 1.165) is 26.7 Å². The third kappa shape index (κ3) is 3.92. The van der Waals surface area contributed by atoms with E-state index in [4.69, 9.17) is 10.5 Å². The van der Waals surface area contributed by atoms with Crippen LogP contribution < -0.4 is 10.5 Å². The Morgan fingerprint density at radius 1 is 1.38 bits per heavy atom. The first-order valence-electron chi connectivity index (χ1n) is 5.17. The number of ether oxygens (including phenoxy) is 1. The van der Waals surface area contributed by atoms with Crippen molar-refractivity contribution in [3.8, 4) is 5.75 Å². The molecule has 1 aromatic carbocycles. The lowest BCUT2D eigenvalue weighted by Gasteiger charge is -2.10. The molecule has 2 N–H and O–H groups in total. The van der Waals surface area contributed by atoms with Crippen LogP contribution in [-0.4, -0.2) is 13.2 Å². The van der Waals surface area contributed by atoms with E-state index in [9.17, 15) is 0 Å². The quantitative estimate of drug-likeness (QED) is 0.873. The van der Waals surface area contributed by atoms with Crippen LogP contribution in [-0.2, 0) is 0 Å². The van der Waals surface area contributed by atoms with Crippen LogP contribution >= 0.6 is 31.9 Å². The zero-order chi connectivity index (χ0) is 12.0. The van der Waals surface area contributed by atoms with Gasteiger partial charge in [-0.05, 0) is 48.0 Å². The Hall–Kier alpha value is -0.320. The highest BCUT2D eigenvalue weighted by atomic mass is 79.9. The van der Waals surface area contributed by atoms with Gasteiger partial charge in [0.25, 0.3) is 0 Å². The molecule has 2 nitrogen and oxygen atoms in total. The zero-order valence-corrected chi connectivity index (χ0v) is 12.3. The number of hydrogen-bond acceptors (Lipinski definition) is 2. The molecule has 0 aliphatic rings. The summed E-state index contributed by atoms with van der Waals surface area (Å²) in [7, 11) is 0. The highest BCUT2D eigenvalue weighted by Crippen LogP contribution is 2.33. The molecule has 0 saturated heterocycles. The van der Waals surface area contributed by atoms with Crippen LogP contribution in [0.2, 0.25) is 0 Å². The van der Waals surface area contributed by atoms with Crippen molar-refractivity contribution in [2.45, 2.75) is 13.3 Å². The Bertz CT molecular complexity index is 378. The van der Waals surface area contributed by atoms with Crippen LogP contribution in [0.5, 0.6) is 5.75 Å². The molecular formula is C12H15Br2NO. The van der Waals surface area contributed by atoms with Crippen molar-refractivity contribution in [1.29, 1.82) is 0 Å². The number of benzene rings is 1. The molecule has 88 valence electrons. The third-order valence-corrected chi connectivity index (χ3v) is 3.00. The summed E-state index contributed by atoms with van der Waals surface area (Å²) in [4.78, 5) is 0. The Kier molecular flexibility index (Phi) is 6.09. The van der Waals surface area contributed by atoms with E-state index in [1.54, 1.807) is 0 Å². The SMILES string of the molecule is CCOc1c(Br)cc(Br)cc1C=CCCN. The Morgan fingerprint density at radius 3 is 2.75 bits per heavy atom. The van der Waals surface area contributed by atoms with E-state index in [0.29, 0.717) is 13.2 Å². The van der Waals surface area contributed by atoms with Crippen molar-refractivity contribution < 1.29 is 4.74 Å². The smallest absolute Gasteiger partial charge is 0.140 e. The Morgan fingerprint density at radius 2 is 2.12 bits per heavy atom. The monoisotopic (exact) mass is 347 g/mol. The number of nitrogens with two attached hydrogens (primary N) is 1. The molecule has 0 saturated carbocycles. The molecular weight excluding hydrogens is 334 g/mol. The molecule has 16 heavy (non-hydrogen) atoms. The minimum atomic E-state index is 0.651. The van der Waals surface area contributed by atoms with Crippen LogP contribution in [0.3, 0.4) is 0 Å². The summed E-state index contributed by atoms with van der Waals surface area (Å²) in [6.45, 7) is 3.29. The fraction of sp³-hybridized carbons (Fsp3) is 0.333. The van der Waals surface area contributed by atoms with E-state index in [-0.39, 0.29) is 0 Å². The van der Waals surface area contributed by atoms with Gasteiger partial charge in [-0.3, -0.25) is 0 Å². The maximum atomic E-state index is 5.60. The fourth-order valence-corrected chi connectivity index (χ4v) is 2.68. The lowest BCUT2D eigenvalue weighted by Crippen LogP contribution is -1.96. The molecule has 0 aromatic heterocycles. The molecule has 4 heteroatoms. The summed E-state index contributed by atoms with van der Waals surface area (Å²) in [5, 5.41) is 0. The van der Waals surface area contributed by atoms with Gasteiger partial charge in [0.05, 0.1) is 11.1 Å². The minimum Gasteiger partial charge on any atom is -0.492 e. The number of halogens is 2. The van der Waals surface area contributed by atoms with Crippen molar-refractivity contribution in [2.75, 3.05) is 13.2 Å². The predicted octanol–water partition coefficient (Wildman–Crippen LogP) is 3.97. The maximum Gasteiger partial charge on any atom is 0.140 e. The molecule has 0 fully saturated rings. The first kappa shape index (κ1) is 13.7. The fourth-order valence-electron chi connectivity index (χ4n) is 1.31. The van der Waals surface area contributed by atoms with E-state index >= 15 is 0 Å². The van der Waals surface area contributed by atoms with Gasteiger partial charge in [0.2, 0.25) is 0 Å². The van der Waals surface area contributed by atoms with Crippen molar-refractivity contribution in [3.63, 3.8) is 0 Å². The van der Waals surface area contributed by atoms with Gasteiger partial charge in [0.15, 0.2) is 0 Å². The molecule has 0 aliphatic heterocycles. The topological polar surface area (TPSA) is 35.2 Å². The number of rotatable bonds is 5. The van der Waals surface area contributed by atoms with Crippen molar-refractivity contribution >= 4 is 37.9 Å². The first-order chi connectivity index (χ1) is 7.69. The van der Waals surface area contributed by atoms with Crippen LogP contribution in [0.25, 0.3) is 6.08 Å². The van der Waals surface area contributed by atoms with Gasteiger partial charge in [-0.15, -0.1) is 0 Å². The summed E-state index contributed by atoms with van der Waals surface area (Å²) in [5.74, 6) is 0.874. The largest absolute Gasteiger partial charge is 0.492 e. The van der Waals surface area contributed by atoms with Gasteiger partial charge in [-0.1, -0.05) is 28.1 Å². The molecule has 0 atom stereocenters. The molecule has 0 unspecified atom stereocenters. The van der Waals surface area contributed by atoms with E-state index in [2.05, 4.69) is 37.9 Å². The molecule has 1 aromatic rings. The molecule has 0 bridgehead atoms. The minimum absolute atomic E-state index is 0.651. The summed E-state index contributed by atoms with van der Waals surface area (Å²) in [5.41, 5.74) is 6.50. The molecule has 0 amide bonds. The van der Waals surface area contributed by atoms with Crippen LogP contribution in [0, 0.1) is 0 Å². The normalized spacial score (nSPS) is 11.0. The molecule has 0 aliphatic carbocycles. The zero-order valence-electron chi connectivity index (χ0n) is 9.17. The Balaban J connectivity index is 3.03. The van der Waals surface area contributed by atoms with Gasteiger partial charge >= 0.3 is 0 Å². The van der Waals surface area contributed by atoms with Crippen LogP contribution in [0.1, 0.15) is 18.9 Å². The average molecular weight is 349 g/mol. The van der Waals surface area contributed by atoms with Crippen LogP contribution in [0.4, 0.5) is 0 Å². The Labute approximate surface area is 113 Å². The second kappa shape index (κ2) is 7.09. The van der Waals surface area contributed by atoms with E-state index in [1.165, 1.54) is 0 Å². The molecule has 0 heterocycles. The summed E-state index contributed by atoms with van der Waals surface area (Å²) in [6.07, 6.45) is 4.96. The second-order valence-corrected chi connectivity index (χ2v) is 4.99. The van der Waals surface area contributed by atoms with Crippen LogP contribution in [0.15, 0.2) is 27.2 Å². The average Bonchev–Trinajstić information content (AvgIpc) is 2.23. The summed E-state index contributed by atoms with van der Waals surface area (Å²) < 4.78 is 7.58. The van der Waals surface area contributed by atoms with Crippen molar-refractivity contribution in [2.24, 2.45) is 5.73 Å². The standard InChI is InChI=1S/C12H15Br2NO/c1-2-16-12-9(5-3-4-6-15)7-10(13)8-11(12)14/h3,5,7-8H,2,4,6,15H2,1H3. The van der Waals surface area contributed by atoms with Gasteiger partial charge in [0, 0.05) is 10.0 Å². The highest BCUT2D eigenvalue weighted by molar-refractivity contribution is 9.11. The van der Waals surface area contributed by atoms with Crippen molar-refractivity contribution in [1.82, 2.24) is 0 Å².